The van der Waals surface area contributed by atoms with E-state index in [1.54, 1.807) is 0 Å². The zero-order chi connectivity index (χ0) is 29.9. The van der Waals surface area contributed by atoms with Crippen molar-refractivity contribution in [3.63, 3.8) is 0 Å². The van der Waals surface area contributed by atoms with E-state index in [-0.39, 0.29) is 89.4 Å². The van der Waals surface area contributed by atoms with Gasteiger partial charge in [-0.25, -0.2) is 9.48 Å². The number of Topliss-reactive ketones (excluding diaryl/α,β-unsaturated/α-hetero) is 1. The van der Waals surface area contributed by atoms with E-state index in [0.29, 0.717) is 31.0 Å². The lowest BCUT2D eigenvalue weighted by Crippen LogP contribution is -2.62. The fourth-order valence-electron chi connectivity index (χ4n) is 8.10. The molecule has 42 heavy (non-hydrogen) atoms. The third-order valence-corrected chi connectivity index (χ3v) is 11.6. The van der Waals surface area contributed by atoms with Crippen LogP contribution in [-0.4, -0.2) is 113 Å². The summed E-state index contributed by atoms with van der Waals surface area (Å²) in [6, 6.07) is -0.638. The Bertz CT molecular complexity index is 1310. The number of thioether (sulfide) groups is 1. The van der Waals surface area contributed by atoms with Gasteiger partial charge in [-0.15, -0.1) is 16.9 Å². The van der Waals surface area contributed by atoms with Crippen LogP contribution in [-0.2, 0) is 25.7 Å². The van der Waals surface area contributed by atoms with E-state index < -0.39 is 11.9 Å². The summed E-state index contributed by atoms with van der Waals surface area (Å²) in [6.07, 6.45) is 3.60. The van der Waals surface area contributed by atoms with Gasteiger partial charge in [0, 0.05) is 53.6 Å². The van der Waals surface area contributed by atoms with E-state index in [9.17, 15) is 29.4 Å². The molecule has 1 aromatic rings. The Morgan fingerprint density at radius 2 is 2.10 bits per heavy atom. The molecular formula is C27H38N8O6S. The number of aromatic nitrogens is 4. The van der Waals surface area contributed by atoms with Gasteiger partial charge < -0.3 is 31.1 Å². The molecule has 6 rings (SSSR count). The molecule has 1 aliphatic carbocycles. The Labute approximate surface area is 247 Å². The topological polar surface area (TPSA) is 197 Å². The average molecular weight is 603 g/mol. The van der Waals surface area contributed by atoms with Crippen molar-refractivity contribution in [3.8, 4) is 0 Å². The lowest BCUT2D eigenvalue weighted by molar-refractivity contribution is -0.160. The first-order chi connectivity index (χ1) is 20.0. The van der Waals surface area contributed by atoms with Gasteiger partial charge in [-0.2, -0.15) is 0 Å². The molecule has 5 N–H and O–H groups in total. The van der Waals surface area contributed by atoms with Crippen LogP contribution in [0.5, 0.6) is 0 Å². The van der Waals surface area contributed by atoms with Crippen LogP contribution < -0.4 is 11.1 Å². The van der Waals surface area contributed by atoms with Crippen molar-refractivity contribution in [2.24, 2.45) is 34.8 Å². The van der Waals surface area contributed by atoms with Crippen molar-refractivity contribution >= 4 is 35.3 Å². The van der Waals surface area contributed by atoms with E-state index >= 15 is 0 Å². The number of amides is 2. The van der Waals surface area contributed by atoms with Gasteiger partial charge in [0.05, 0.1) is 24.6 Å². The number of ketones is 1. The summed E-state index contributed by atoms with van der Waals surface area (Å²) in [5, 5.41) is 34.3. The molecule has 228 valence electrons. The van der Waals surface area contributed by atoms with E-state index in [1.807, 2.05) is 18.7 Å². The fourth-order valence-corrected chi connectivity index (χ4v) is 9.58. The van der Waals surface area contributed by atoms with Crippen LogP contribution >= 0.6 is 11.8 Å². The number of nitrogens with one attached hydrogen (secondary N) is 1. The maximum Gasteiger partial charge on any atom is 0.353 e. The maximum absolute atomic E-state index is 13.4. The quantitative estimate of drug-likeness (QED) is 0.240. The molecule has 0 spiro atoms. The molecule has 14 nitrogen and oxygen atoms in total. The lowest BCUT2D eigenvalue weighted by Gasteiger charge is -2.47. The van der Waals surface area contributed by atoms with Crippen LogP contribution in [0.3, 0.4) is 0 Å². The summed E-state index contributed by atoms with van der Waals surface area (Å²) in [7, 11) is 0. The standard InChI is InChI=1S/C27H38N8O6S/c1-13(3-17(37)9-34-12-30-31-32-34)20-21-14(2)23(22(26(40)41)35(21)25(20)39)42-18-5-19(29-7-18)24(38)33-8-15-4-16(28)6-27(15,10-33)11-36/h12-16,18-21,29,36H,3-11,28H2,1-2H3,(H,40,41)/t13-,14+,15+,16-,18-,19-,20+,21+,27?/m0/s1. The Morgan fingerprint density at radius 1 is 1.31 bits per heavy atom. The Kier molecular flexibility index (Phi) is 7.64. The summed E-state index contributed by atoms with van der Waals surface area (Å²) in [4.78, 5) is 55.6. The van der Waals surface area contributed by atoms with Gasteiger partial charge in [-0.3, -0.25) is 14.4 Å². The summed E-state index contributed by atoms with van der Waals surface area (Å²) >= 11 is 1.45. The SMILES string of the molecule is C[C@@H](CC(=O)Cn1cnnn1)[C@H]1C(=O)N2C(C(=O)O)=C(S[C@@H]3CN[C@H](C(=O)N4C[C@H]5C[C@H](N)CC5(CO)C4)C3)[C@H](C)[C@H]12. The van der Waals surface area contributed by atoms with Gasteiger partial charge in [0.2, 0.25) is 11.8 Å². The van der Waals surface area contributed by atoms with Gasteiger partial charge >= 0.3 is 5.97 Å². The fraction of sp³-hybridized carbons (Fsp3) is 0.741. The van der Waals surface area contributed by atoms with Crippen molar-refractivity contribution in [2.75, 3.05) is 26.2 Å². The lowest BCUT2D eigenvalue weighted by atomic mass is 9.73. The number of aliphatic hydroxyl groups excluding tert-OH is 1. The molecule has 5 heterocycles. The van der Waals surface area contributed by atoms with Crippen LogP contribution in [0.1, 0.15) is 39.5 Å². The molecule has 0 aromatic carbocycles. The van der Waals surface area contributed by atoms with Crippen LogP contribution in [0.25, 0.3) is 0 Å². The molecule has 4 fully saturated rings. The number of carbonyl (C=O) groups is 4. The van der Waals surface area contributed by atoms with Crippen LogP contribution in [0.4, 0.5) is 0 Å². The number of nitrogens with zero attached hydrogens (tertiary/aromatic N) is 6. The smallest absolute Gasteiger partial charge is 0.353 e. The number of fused-ring (bicyclic) bond motifs is 2. The van der Waals surface area contributed by atoms with Crippen LogP contribution in [0, 0.1) is 29.1 Å². The molecule has 4 aliphatic heterocycles. The molecule has 1 saturated carbocycles. The van der Waals surface area contributed by atoms with Crippen LogP contribution in [0.2, 0.25) is 0 Å². The van der Waals surface area contributed by atoms with Crippen molar-refractivity contribution in [2.45, 2.75) is 69.5 Å². The van der Waals surface area contributed by atoms with Gasteiger partial charge in [0.1, 0.15) is 18.6 Å². The zero-order valence-corrected chi connectivity index (χ0v) is 24.6. The first-order valence-electron chi connectivity index (χ1n) is 14.6. The Morgan fingerprint density at radius 3 is 2.76 bits per heavy atom. The Hall–Kier alpha value is -2.88. The van der Waals surface area contributed by atoms with Gasteiger partial charge in [-0.05, 0) is 41.5 Å². The zero-order valence-electron chi connectivity index (χ0n) is 23.8. The normalized spacial score (nSPS) is 36.3. The number of hydrogen-bond donors (Lipinski definition) is 4. The minimum absolute atomic E-state index is 0.0139. The summed E-state index contributed by atoms with van der Waals surface area (Å²) < 4.78 is 1.34. The van der Waals surface area contributed by atoms with Crippen molar-refractivity contribution < 1.29 is 29.4 Å². The molecular weight excluding hydrogens is 564 g/mol. The molecule has 1 unspecified atom stereocenters. The molecule has 1 aromatic heterocycles. The van der Waals surface area contributed by atoms with Crippen molar-refractivity contribution in [3.05, 3.63) is 16.9 Å². The first kappa shape index (κ1) is 29.2. The Balaban J connectivity index is 1.09. The number of aliphatic carboxylic acids is 1. The number of rotatable bonds is 10. The van der Waals surface area contributed by atoms with E-state index in [0.717, 1.165) is 12.8 Å². The van der Waals surface area contributed by atoms with Crippen molar-refractivity contribution in [1.82, 2.24) is 35.3 Å². The second-order valence-corrected chi connectivity index (χ2v) is 14.2. The molecule has 2 amide bonds. The monoisotopic (exact) mass is 602 g/mol. The predicted molar refractivity (Wildman–Crippen MR) is 149 cm³/mol. The second kappa shape index (κ2) is 11.0. The highest BCUT2D eigenvalue weighted by Gasteiger charge is 2.60. The first-order valence-corrected chi connectivity index (χ1v) is 15.5. The van der Waals surface area contributed by atoms with Gasteiger partial charge in [0.25, 0.3) is 0 Å². The van der Waals surface area contributed by atoms with Gasteiger partial charge in [-0.1, -0.05) is 13.8 Å². The third kappa shape index (κ3) is 4.83. The number of likely N-dealkylation sites (tertiary alicyclic amines) is 1. The number of aliphatic hydroxyl groups is 1. The number of carboxylic acids is 1. The third-order valence-electron chi connectivity index (χ3n) is 10.1. The van der Waals surface area contributed by atoms with Crippen LogP contribution in [0.15, 0.2) is 16.9 Å². The number of tetrazole rings is 1. The highest BCUT2D eigenvalue weighted by molar-refractivity contribution is 8.03. The predicted octanol–water partition coefficient (Wildman–Crippen LogP) is -0.937. The molecule has 5 aliphatic rings. The highest BCUT2D eigenvalue weighted by Crippen LogP contribution is 2.53. The van der Waals surface area contributed by atoms with E-state index in [1.165, 1.54) is 27.7 Å². The molecule has 0 radical (unpaired) electrons. The molecule has 9 atom stereocenters. The number of carbonyl (C=O) groups excluding carboxylic acids is 3. The minimum Gasteiger partial charge on any atom is -0.477 e. The van der Waals surface area contributed by atoms with E-state index in [4.69, 9.17) is 5.73 Å². The molecule has 0 bridgehead atoms. The largest absolute Gasteiger partial charge is 0.477 e. The van der Waals surface area contributed by atoms with Crippen molar-refractivity contribution in [1.29, 1.82) is 0 Å². The second-order valence-electron chi connectivity index (χ2n) is 12.8. The number of nitrogens with two attached hydrogens (primary N) is 1. The molecule has 3 saturated heterocycles. The highest BCUT2D eigenvalue weighted by atomic mass is 32.2. The number of carboxylic acid groups (broad SMARTS) is 1. The number of β-lactam (4-membered cyclic amide) rings is 1. The van der Waals surface area contributed by atoms with E-state index in [2.05, 4.69) is 20.8 Å². The summed E-state index contributed by atoms with van der Waals surface area (Å²) in [5.41, 5.74) is 5.86. The maximum atomic E-state index is 13.4. The summed E-state index contributed by atoms with van der Waals surface area (Å²) in [6.45, 7) is 5.50. The molecule has 15 heteroatoms. The number of hydrogen-bond acceptors (Lipinski definition) is 11. The van der Waals surface area contributed by atoms with Gasteiger partial charge in [0.15, 0.2) is 5.78 Å². The summed E-state index contributed by atoms with van der Waals surface area (Å²) in [5.74, 6) is -2.22. The average Bonchev–Trinajstić information content (AvgIpc) is 3.74. The minimum atomic E-state index is -1.14.